The van der Waals surface area contributed by atoms with Gasteiger partial charge in [-0.1, -0.05) is 37.3 Å². The van der Waals surface area contributed by atoms with Crippen molar-refractivity contribution in [1.82, 2.24) is 5.32 Å². The number of hydrogen-bond donors (Lipinski definition) is 2. The molecule has 0 aliphatic carbocycles. The van der Waals surface area contributed by atoms with Crippen LogP contribution in [0.2, 0.25) is 0 Å². The highest BCUT2D eigenvalue weighted by Gasteiger charge is 2.17. The molecular formula is C15H24N2O. The van der Waals surface area contributed by atoms with Crippen LogP contribution in [0.4, 0.5) is 0 Å². The lowest BCUT2D eigenvalue weighted by Gasteiger charge is -2.15. The van der Waals surface area contributed by atoms with Crippen molar-refractivity contribution in [2.75, 3.05) is 6.54 Å². The van der Waals surface area contributed by atoms with E-state index in [0.717, 1.165) is 24.8 Å². The summed E-state index contributed by atoms with van der Waals surface area (Å²) in [5, 5.41) is 2.99. The van der Waals surface area contributed by atoms with E-state index in [2.05, 4.69) is 5.32 Å². The Hall–Kier alpha value is -1.35. The summed E-state index contributed by atoms with van der Waals surface area (Å²) in [7, 11) is 0. The fraction of sp³-hybridized carbons (Fsp3) is 0.533. The molecule has 1 aromatic rings. The van der Waals surface area contributed by atoms with E-state index in [-0.39, 0.29) is 17.9 Å². The Bertz CT molecular complexity index is 349. The second-order valence-electron chi connectivity index (χ2n) is 4.78. The normalized spacial score (nSPS) is 13.9. The summed E-state index contributed by atoms with van der Waals surface area (Å²) in [6.07, 6.45) is 2.71. The lowest BCUT2D eigenvalue weighted by molar-refractivity contribution is -0.122. The lowest BCUT2D eigenvalue weighted by Crippen LogP contribution is -2.30. The largest absolute Gasteiger partial charge is 0.356 e. The standard InChI is InChI=1S/C15H24N2O/c1-3-14(13-9-5-4-6-10-13)15(18)17-11-7-8-12(2)16/h4-6,9-10,12,14H,3,7-8,11,16H2,1-2H3,(H,17,18). The first-order chi connectivity index (χ1) is 8.65. The minimum absolute atomic E-state index is 0.0403. The maximum absolute atomic E-state index is 12.1. The number of benzene rings is 1. The Balaban J connectivity index is 2.43. The van der Waals surface area contributed by atoms with Crippen LogP contribution in [0.25, 0.3) is 0 Å². The van der Waals surface area contributed by atoms with Gasteiger partial charge in [-0.15, -0.1) is 0 Å². The van der Waals surface area contributed by atoms with Gasteiger partial charge in [0, 0.05) is 12.6 Å². The fourth-order valence-electron chi connectivity index (χ4n) is 2.02. The van der Waals surface area contributed by atoms with Crippen LogP contribution in [-0.2, 0) is 4.79 Å². The van der Waals surface area contributed by atoms with Crippen molar-refractivity contribution in [2.45, 2.75) is 45.1 Å². The first kappa shape index (κ1) is 14.7. The molecule has 3 heteroatoms. The van der Waals surface area contributed by atoms with E-state index in [1.807, 2.05) is 44.2 Å². The average Bonchev–Trinajstić information content (AvgIpc) is 2.36. The molecule has 0 fully saturated rings. The summed E-state index contributed by atoms with van der Waals surface area (Å²) < 4.78 is 0. The number of rotatable bonds is 7. The number of nitrogens with one attached hydrogen (secondary N) is 1. The summed E-state index contributed by atoms with van der Waals surface area (Å²) in [5.74, 6) is 0.0786. The highest BCUT2D eigenvalue weighted by Crippen LogP contribution is 2.19. The Morgan fingerprint density at radius 3 is 2.56 bits per heavy atom. The molecule has 0 spiro atoms. The van der Waals surface area contributed by atoms with Gasteiger partial charge in [-0.2, -0.15) is 0 Å². The summed E-state index contributed by atoms with van der Waals surface area (Å²) in [5.41, 5.74) is 6.76. The minimum Gasteiger partial charge on any atom is -0.356 e. The molecule has 18 heavy (non-hydrogen) atoms. The van der Waals surface area contributed by atoms with Gasteiger partial charge in [-0.25, -0.2) is 0 Å². The van der Waals surface area contributed by atoms with E-state index >= 15 is 0 Å². The van der Waals surface area contributed by atoms with E-state index in [4.69, 9.17) is 5.73 Å². The molecule has 1 rings (SSSR count). The zero-order chi connectivity index (χ0) is 13.4. The van der Waals surface area contributed by atoms with Crippen LogP contribution in [0, 0.1) is 0 Å². The molecule has 3 N–H and O–H groups in total. The highest BCUT2D eigenvalue weighted by atomic mass is 16.1. The van der Waals surface area contributed by atoms with E-state index in [1.165, 1.54) is 0 Å². The molecule has 0 saturated heterocycles. The number of carbonyl (C=O) groups is 1. The molecule has 1 aromatic carbocycles. The van der Waals surface area contributed by atoms with Crippen molar-refractivity contribution >= 4 is 5.91 Å². The molecule has 0 radical (unpaired) electrons. The number of hydrogen-bond acceptors (Lipinski definition) is 2. The third kappa shape index (κ3) is 4.88. The summed E-state index contributed by atoms with van der Waals surface area (Å²) in [4.78, 5) is 12.1. The van der Waals surface area contributed by atoms with Crippen molar-refractivity contribution in [3.63, 3.8) is 0 Å². The average molecular weight is 248 g/mol. The number of carbonyl (C=O) groups excluding carboxylic acids is 1. The highest BCUT2D eigenvalue weighted by molar-refractivity contribution is 5.83. The Labute approximate surface area is 110 Å². The fourth-order valence-corrected chi connectivity index (χ4v) is 2.02. The smallest absolute Gasteiger partial charge is 0.227 e. The van der Waals surface area contributed by atoms with Crippen LogP contribution in [0.3, 0.4) is 0 Å². The molecule has 3 nitrogen and oxygen atoms in total. The van der Waals surface area contributed by atoms with Gasteiger partial charge < -0.3 is 11.1 Å². The Kier molecular flexibility index (Phi) is 6.44. The Morgan fingerprint density at radius 1 is 1.33 bits per heavy atom. The first-order valence-corrected chi connectivity index (χ1v) is 6.73. The molecule has 2 unspecified atom stereocenters. The molecule has 0 heterocycles. The number of nitrogens with two attached hydrogens (primary N) is 1. The summed E-state index contributed by atoms with van der Waals surface area (Å²) in [6, 6.07) is 10.1. The predicted molar refractivity (Wildman–Crippen MR) is 75.4 cm³/mol. The van der Waals surface area contributed by atoms with Crippen molar-refractivity contribution in [2.24, 2.45) is 5.73 Å². The molecule has 1 amide bonds. The van der Waals surface area contributed by atoms with Gasteiger partial charge in [-0.3, -0.25) is 4.79 Å². The van der Waals surface area contributed by atoms with Crippen LogP contribution < -0.4 is 11.1 Å². The van der Waals surface area contributed by atoms with Crippen LogP contribution in [0.15, 0.2) is 30.3 Å². The molecule has 2 atom stereocenters. The molecule has 0 aliphatic rings. The summed E-state index contributed by atoms with van der Waals surface area (Å²) >= 11 is 0. The van der Waals surface area contributed by atoms with Crippen molar-refractivity contribution < 1.29 is 4.79 Å². The van der Waals surface area contributed by atoms with E-state index in [1.54, 1.807) is 0 Å². The van der Waals surface area contributed by atoms with Gasteiger partial charge in [0.25, 0.3) is 0 Å². The molecular weight excluding hydrogens is 224 g/mol. The third-order valence-corrected chi connectivity index (χ3v) is 3.06. The molecule has 0 bridgehead atoms. The maximum atomic E-state index is 12.1. The quantitative estimate of drug-likeness (QED) is 0.728. The van der Waals surface area contributed by atoms with Gasteiger partial charge >= 0.3 is 0 Å². The number of amides is 1. The van der Waals surface area contributed by atoms with Crippen LogP contribution in [0.5, 0.6) is 0 Å². The molecule has 100 valence electrons. The molecule has 0 saturated carbocycles. The van der Waals surface area contributed by atoms with E-state index < -0.39 is 0 Å². The van der Waals surface area contributed by atoms with Gasteiger partial charge in [0.15, 0.2) is 0 Å². The predicted octanol–water partition coefficient (Wildman–Crippen LogP) is 2.42. The molecule has 0 aromatic heterocycles. The van der Waals surface area contributed by atoms with Crippen molar-refractivity contribution in [3.05, 3.63) is 35.9 Å². The second kappa shape index (κ2) is 7.88. The van der Waals surface area contributed by atoms with Gasteiger partial charge in [0.2, 0.25) is 5.91 Å². The lowest BCUT2D eigenvalue weighted by atomic mass is 9.95. The Morgan fingerprint density at radius 2 is 2.00 bits per heavy atom. The zero-order valence-corrected chi connectivity index (χ0v) is 11.4. The molecule has 0 aliphatic heterocycles. The van der Waals surface area contributed by atoms with Crippen LogP contribution >= 0.6 is 0 Å². The van der Waals surface area contributed by atoms with Crippen LogP contribution in [-0.4, -0.2) is 18.5 Å². The first-order valence-electron chi connectivity index (χ1n) is 6.73. The monoisotopic (exact) mass is 248 g/mol. The summed E-state index contributed by atoms with van der Waals surface area (Å²) in [6.45, 7) is 4.74. The maximum Gasteiger partial charge on any atom is 0.227 e. The van der Waals surface area contributed by atoms with Crippen molar-refractivity contribution in [3.8, 4) is 0 Å². The third-order valence-electron chi connectivity index (χ3n) is 3.06. The van der Waals surface area contributed by atoms with Gasteiger partial charge in [0.1, 0.15) is 0 Å². The minimum atomic E-state index is -0.0403. The topological polar surface area (TPSA) is 55.1 Å². The van der Waals surface area contributed by atoms with E-state index in [0.29, 0.717) is 6.54 Å². The van der Waals surface area contributed by atoms with Crippen LogP contribution in [0.1, 0.15) is 44.6 Å². The SMILES string of the molecule is CCC(C(=O)NCCCC(C)N)c1ccccc1. The zero-order valence-electron chi connectivity index (χ0n) is 11.4. The van der Waals surface area contributed by atoms with Gasteiger partial charge in [-0.05, 0) is 31.7 Å². The van der Waals surface area contributed by atoms with Gasteiger partial charge in [0.05, 0.1) is 5.92 Å². The van der Waals surface area contributed by atoms with E-state index in [9.17, 15) is 4.79 Å². The van der Waals surface area contributed by atoms with Crippen molar-refractivity contribution in [1.29, 1.82) is 0 Å². The second-order valence-corrected chi connectivity index (χ2v) is 4.78.